The van der Waals surface area contributed by atoms with Crippen molar-refractivity contribution < 1.29 is 23.9 Å². The van der Waals surface area contributed by atoms with Gasteiger partial charge in [0, 0.05) is 0 Å². The van der Waals surface area contributed by atoms with Gasteiger partial charge in [0.15, 0.2) is 5.71 Å². The average Bonchev–Trinajstić information content (AvgIpc) is 3.25. The number of carbonyl (C=O) groups is 3. The van der Waals surface area contributed by atoms with Gasteiger partial charge in [-0.1, -0.05) is 30.3 Å². The molecule has 1 saturated heterocycles. The molecule has 0 N–H and O–H groups in total. The molecule has 148 valence electrons. The van der Waals surface area contributed by atoms with Gasteiger partial charge in [0.25, 0.3) is 5.91 Å². The van der Waals surface area contributed by atoms with E-state index in [1.54, 1.807) is 30.3 Å². The van der Waals surface area contributed by atoms with Crippen molar-refractivity contribution in [2.45, 2.75) is 13.0 Å². The van der Waals surface area contributed by atoms with E-state index in [4.69, 9.17) is 9.47 Å². The maximum absolute atomic E-state index is 13.4. The van der Waals surface area contributed by atoms with Crippen LogP contribution in [0.15, 0.2) is 53.6 Å². The lowest BCUT2D eigenvalue weighted by Crippen LogP contribution is -2.39. The summed E-state index contributed by atoms with van der Waals surface area (Å²) >= 11 is 0. The Morgan fingerprint density at radius 2 is 1.62 bits per heavy atom. The van der Waals surface area contributed by atoms with Crippen molar-refractivity contribution in [3.8, 4) is 5.75 Å². The fourth-order valence-corrected chi connectivity index (χ4v) is 3.76. The van der Waals surface area contributed by atoms with Crippen LogP contribution in [0.2, 0.25) is 0 Å². The number of amides is 2. The number of fused-ring (bicyclic) bond motifs is 1. The number of hydrazone groups is 1. The molecule has 0 unspecified atom stereocenters. The first-order valence-electron chi connectivity index (χ1n) is 9.02. The molecule has 2 amide bonds. The van der Waals surface area contributed by atoms with Gasteiger partial charge in [-0.25, -0.2) is 9.69 Å². The molecule has 0 radical (unpaired) electrons. The Morgan fingerprint density at radius 3 is 2.28 bits per heavy atom. The number of hydrogen-bond donors (Lipinski definition) is 0. The van der Waals surface area contributed by atoms with Crippen molar-refractivity contribution >= 4 is 34.9 Å². The maximum Gasteiger partial charge on any atom is 0.355 e. The highest BCUT2D eigenvalue weighted by Crippen LogP contribution is 2.41. The Balaban J connectivity index is 1.85. The average molecular weight is 393 g/mol. The van der Waals surface area contributed by atoms with Crippen molar-refractivity contribution in [3.05, 3.63) is 54.1 Å². The summed E-state index contributed by atoms with van der Waals surface area (Å²) in [6, 6.07) is 13.1. The number of esters is 1. The number of rotatable bonds is 4. The molecule has 2 aromatic rings. The van der Waals surface area contributed by atoms with E-state index in [9.17, 15) is 14.4 Å². The van der Waals surface area contributed by atoms with Crippen molar-refractivity contribution in [2.75, 3.05) is 24.1 Å². The van der Waals surface area contributed by atoms with Crippen LogP contribution in [0.3, 0.4) is 0 Å². The summed E-state index contributed by atoms with van der Waals surface area (Å²) in [6.45, 7) is 1.87. The van der Waals surface area contributed by atoms with Gasteiger partial charge in [0.1, 0.15) is 17.7 Å². The molecule has 2 aromatic carbocycles. The van der Waals surface area contributed by atoms with Crippen molar-refractivity contribution in [2.24, 2.45) is 11.0 Å². The van der Waals surface area contributed by atoms with E-state index in [0.717, 1.165) is 10.5 Å². The standard InChI is InChI=1S/C21H19N3O5/c1-12-8-4-5-9-13(12)24-18-16(17(22-24)21(27)29-3)19(25)23(20(18)26)14-10-6-7-11-15(14)28-2/h4-11,16,18H,1-3H3/t16-,18-/m0/s1. The molecular weight excluding hydrogens is 374 g/mol. The molecule has 0 bridgehead atoms. The van der Waals surface area contributed by atoms with Gasteiger partial charge in [0.2, 0.25) is 5.91 Å². The third-order valence-electron chi connectivity index (χ3n) is 5.13. The molecule has 4 rings (SSSR count). The van der Waals surface area contributed by atoms with Crippen LogP contribution in [-0.2, 0) is 19.1 Å². The van der Waals surface area contributed by atoms with Gasteiger partial charge < -0.3 is 9.47 Å². The number of hydrogen-bond acceptors (Lipinski definition) is 7. The second-order valence-electron chi connectivity index (χ2n) is 6.71. The van der Waals surface area contributed by atoms with E-state index >= 15 is 0 Å². The third-order valence-corrected chi connectivity index (χ3v) is 5.13. The first-order valence-corrected chi connectivity index (χ1v) is 9.02. The molecule has 2 aliphatic heterocycles. The molecule has 0 spiro atoms. The number of para-hydroxylation sites is 3. The van der Waals surface area contributed by atoms with Crippen LogP contribution in [0.1, 0.15) is 5.56 Å². The minimum Gasteiger partial charge on any atom is -0.495 e. The highest BCUT2D eigenvalue weighted by Gasteiger charge is 2.59. The second-order valence-corrected chi connectivity index (χ2v) is 6.71. The van der Waals surface area contributed by atoms with E-state index in [-0.39, 0.29) is 5.71 Å². The zero-order valence-corrected chi connectivity index (χ0v) is 16.2. The molecular formula is C21H19N3O5. The zero-order valence-electron chi connectivity index (χ0n) is 16.2. The van der Waals surface area contributed by atoms with E-state index in [1.165, 1.54) is 19.2 Å². The van der Waals surface area contributed by atoms with Crippen LogP contribution >= 0.6 is 0 Å². The van der Waals surface area contributed by atoms with Crippen LogP contribution in [0, 0.1) is 12.8 Å². The Labute approximate surface area is 167 Å². The largest absolute Gasteiger partial charge is 0.495 e. The van der Waals surface area contributed by atoms with Gasteiger partial charge >= 0.3 is 5.97 Å². The highest BCUT2D eigenvalue weighted by molar-refractivity contribution is 6.47. The summed E-state index contributed by atoms with van der Waals surface area (Å²) in [5.74, 6) is -2.42. The summed E-state index contributed by atoms with van der Waals surface area (Å²) in [7, 11) is 2.68. The lowest BCUT2D eigenvalue weighted by atomic mass is 9.97. The Hall–Kier alpha value is -3.68. The fourth-order valence-electron chi connectivity index (χ4n) is 3.76. The summed E-state index contributed by atoms with van der Waals surface area (Å²) < 4.78 is 10.1. The van der Waals surface area contributed by atoms with E-state index in [0.29, 0.717) is 17.1 Å². The van der Waals surface area contributed by atoms with E-state index < -0.39 is 29.7 Å². The quantitative estimate of drug-likeness (QED) is 0.582. The summed E-state index contributed by atoms with van der Waals surface area (Å²) in [4.78, 5) is 40.1. The van der Waals surface area contributed by atoms with E-state index in [2.05, 4.69) is 5.10 Å². The SMILES string of the molecule is COC(=O)C1=NN(c2ccccc2C)[C@@H]2C(=O)N(c3ccccc3OC)C(=O)[C@@H]12. The summed E-state index contributed by atoms with van der Waals surface area (Å²) in [5, 5.41) is 5.77. The molecule has 0 aromatic heterocycles. The molecule has 2 aliphatic rings. The number of anilines is 2. The van der Waals surface area contributed by atoms with Gasteiger partial charge in [-0.15, -0.1) is 0 Å². The fraction of sp³-hybridized carbons (Fsp3) is 0.238. The number of aryl methyl sites for hydroxylation is 1. The predicted octanol–water partition coefficient (Wildman–Crippen LogP) is 1.91. The number of imide groups is 1. The monoisotopic (exact) mass is 393 g/mol. The zero-order chi connectivity index (χ0) is 20.7. The molecule has 2 atom stereocenters. The van der Waals surface area contributed by atoms with Crippen LogP contribution < -0.4 is 14.6 Å². The van der Waals surface area contributed by atoms with Crippen molar-refractivity contribution in [1.82, 2.24) is 0 Å². The Kier molecular flexibility index (Phi) is 4.54. The molecule has 0 saturated carbocycles. The lowest BCUT2D eigenvalue weighted by Gasteiger charge is -2.24. The minimum atomic E-state index is -1.06. The summed E-state index contributed by atoms with van der Waals surface area (Å²) in [6.07, 6.45) is 0. The number of ether oxygens (including phenoxy) is 2. The molecule has 8 nitrogen and oxygen atoms in total. The first kappa shape index (κ1) is 18.7. The van der Waals surface area contributed by atoms with Gasteiger partial charge in [-0.05, 0) is 30.7 Å². The van der Waals surface area contributed by atoms with Gasteiger partial charge in [-0.3, -0.25) is 14.6 Å². The molecule has 8 heteroatoms. The van der Waals surface area contributed by atoms with Crippen LogP contribution in [0.5, 0.6) is 5.75 Å². The highest BCUT2D eigenvalue weighted by atomic mass is 16.5. The van der Waals surface area contributed by atoms with Gasteiger partial charge in [0.05, 0.1) is 25.6 Å². The lowest BCUT2D eigenvalue weighted by molar-refractivity contribution is -0.133. The number of nitrogens with zero attached hydrogens (tertiary/aromatic N) is 3. The third kappa shape index (κ3) is 2.75. The molecule has 1 fully saturated rings. The van der Waals surface area contributed by atoms with Crippen molar-refractivity contribution in [3.63, 3.8) is 0 Å². The molecule has 29 heavy (non-hydrogen) atoms. The number of carbonyl (C=O) groups excluding carboxylic acids is 3. The number of benzene rings is 2. The smallest absolute Gasteiger partial charge is 0.355 e. The van der Waals surface area contributed by atoms with Crippen LogP contribution in [0.4, 0.5) is 11.4 Å². The van der Waals surface area contributed by atoms with Gasteiger partial charge in [-0.2, -0.15) is 5.10 Å². The molecule has 0 aliphatic carbocycles. The van der Waals surface area contributed by atoms with Crippen molar-refractivity contribution in [1.29, 1.82) is 0 Å². The van der Waals surface area contributed by atoms with Crippen LogP contribution in [-0.4, -0.2) is 43.8 Å². The maximum atomic E-state index is 13.4. The first-order chi connectivity index (χ1) is 14.0. The number of methoxy groups -OCH3 is 2. The second kappa shape index (κ2) is 7.05. The minimum absolute atomic E-state index is 0.0866. The van der Waals surface area contributed by atoms with E-state index in [1.807, 2.05) is 25.1 Å². The Bertz CT molecular complexity index is 1050. The molecule has 2 heterocycles. The summed E-state index contributed by atoms with van der Waals surface area (Å²) in [5.41, 5.74) is 1.74. The Morgan fingerprint density at radius 1 is 0.966 bits per heavy atom. The van der Waals surface area contributed by atoms with Crippen LogP contribution in [0.25, 0.3) is 0 Å². The normalized spacial score (nSPS) is 20.6. The predicted molar refractivity (Wildman–Crippen MR) is 106 cm³/mol. The topological polar surface area (TPSA) is 88.5 Å².